The zero-order valence-electron chi connectivity index (χ0n) is 23.9. The van der Waals surface area contributed by atoms with E-state index in [9.17, 15) is 14.4 Å². The highest BCUT2D eigenvalue weighted by molar-refractivity contribution is 9.10. The van der Waals surface area contributed by atoms with Crippen molar-refractivity contribution in [3.63, 3.8) is 0 Å². The Morgan fingerprint density at radius 2 is 1.81 bits per heavy atom. The predicted octanol–water partition coefficient (Wildman–Crippen LogP) is 3.91. The molecule has 10 nitrogen and oxygen atoms in total. The van der Waals surface area contributed by atoms with E-state index in [1.807, 2.05) is 6.92 Å². The number of rotatable bonds is 11. The number of fused-ring (bicyclic) bond motifs is 1. The summed E-state index contributed by atoms with van der Waals surface area (Å²) in [5.41, 5.74) is 1.65. The fourth-order valence-corrected chi connectivity index (χ4v) is 6.07. The number of aromatic nitrogens is 1. The van der Waals surface area contributed by atoms with Gasteiger partial charge in [0.1, 0.15) is 11.8 Å². The smallest absolute Gasteiger partial charge is 0.344 e. The number of hydrogen-bond donors (Lipinski definition) is 0. The topological polar surface area (TPSA) is 115 Å². The minimum atomic E-state index is -0.857. The number of allylic oxidation sites excluding steroid dienone is 1. The number of carbonyl (C=O) groups is 2. The fourth-order valence-electron chi connectivity index (χ4n) is 4.51. The molecule has 1 atom stereocenters. The van der Waals surface area contributed by atoms with Crippen LogP contribution in [-0.2, 0) is 19.1 Å². The molecule has 0 saturated heterocycles. The summed E-state index contributed by atoms with van der Waals surface area (Å²) >= 11 is 4.68. The van der Waals surface area contributed by atoms with E-state index in [1.54, 1.807) is 63.2 Å². The molecule has 1 aliphatic heterocycles. The Hall–Kier alpha value is -3.90. The molecule has 222 valence electrons. The highest BCUT2D eigenvalue weighted by Gasteiger charge is 2.36. The van der Waals surface area contributed by atoms with Crippen molar-refractivity contribution < 1.29 is 33.3 Å². The van der Waals surface area contributed by atoms with E-state index >= 15 is 0 Å². The monoisotopic (exact) mass is 658 g/mol. The van der Waals surface area contributed by atoms with Gasteiger partial charge in [0.05, 0.1) is 47.2 Å². The second-order valence-electron chi connectivity index (χ2n) is 8.90. The van der Waals surface area contributed by atoms with E-state index < -0.39 is 18.0 Å². The van der Waals surface area contributed by atoms with Crippen LogP contribution in [0.4, 0.5) is 0 Å². The molecule has 12 heteroatoms. The first-order chi connectivity index (χ1) is 20.2. The van der Waals surface area contributed by atoms with Crippen molar-refractivity contribution >= 4 is 45.3 Å². The van der Waals surface area contributed by atoms with Crippen molar-refractivity contribution in [2.24, 2.45) is 4.99 Å². The SMILES string of the molecule is CCOC(=O)COc1ccc(/C=c2/sc3n(c2=O)[C@H](c2cccc(OC)c2OCC)C(C(=O)OCC)=C(C)N=3)cc1Br. The molecule has 0 unspecified atom stereocenters. The van der Waals surface area contributed by atoms with Gasteiger partial charge >= 0.3 is 11.9 Å². The first kappa shape index (κ1) is 31.0. The Bertz CT molecular complexity index is 1710. The fraction of sp³-hybridized carbons (Fsp3) is 0.333. The lowest BCUT2D eigenvalue weighted by molar-refractivity contribution is -0.145. The third-order valence-electron chi connectivity index (χ3n) is 6.23. The van der Waals surface area contributed by atoms with Gasteiger partial charge in [-0.1, -0.05) is 29.5 Å². The van der Waals surface area contributed by atoms with Crippen molar-refractivity contribution in [2.75, 3.05) is 33.5 Å². The number of para-hydroxylation sites is 1. The molecule has 42 heavy (non-hydrogen) atoms. The van der Waals surface area contributed by atoms with E-state index in [-0.39, 0.29) is 31.0 Å². The van der Waals surface area contributed by atoms with Gasteiger partial charge in [-0.3, -0.25) is 9.36 Å². The lowest BCUT2D eigenvalue weighted by atomic mass is 9.94. The van der Waals surface area contributed by atoms with Crippen LogP contribution in [0.2, 0.25) is 0 Å². The maximum absolute atomic E-state index is 14.0. The van der Waals surface area contributed by atoms with Crippen molar-refractivity contribution in [1.29, 1.82) is 0 Å². The summed E-state index contributed by atoms with van der Waals surface area (Å²) in [5, 5.41) is 0. The van der Waals surface area contributed by atoms with Crippen molar-refractivity contribution in [1.82, 2.24) is 4.57 Å². The van der Waals surface area contributed by atoms with Crippen LogP contribution in [0.15, 0.2) is 61.9 Å². The Labute approximate surface area is 255 Å². The second kappa shape index (κ2) is 13.8. The summed E-state index contributed by atoms with van der Waals surface area (Å²) < 4.78 is 29.9. The Morgan fingerprint density at radius 3 is 2.48 bits per heavy atom. The van der Waals surface area contributed by atoms with Gasteiger partial charge in [-0.05, 0) is 73.5 Å². The van der Waals surface area contributed by atoms with Crippen LogP contribution in [0.3, 0.4) is 0 Å². The lowest BCUT2D eigenvalue weighted by Crippen LogP contribution is -2.40. The van der Waals surface area contributed by atoms with E-state index in [0.717, 1.165) is 0 Å². The number of nitrogens with zero attached hydrogens (tertiary/aromatic N) is 2. The van der Waals surface area contributed by atoms with Crippen LogP contribution in [0.25, 0.3) is 6.08 Å². The van der Waals surface area contributed by atoms with Crippen molar-refractivity contribution in [3.05, 3.63) is 83.0 Å². The first-order valence-electron chi connectivity index (χ1n) is 13.3. The highest BCUT2D eigenvalue weighted by atomic mass is 79.9. The third kappa shape index (κ3) is 6.44. The van der Waals surface area contributed by atoms with E-state index in [0.29, 0.717) is 54.5 Å². The number of benzene rings is 2. The number of ether oxygens (including phenoxy) is 5. The highest BCUT2D eigenvalue weighted by Crippen LogP contribution is 2.40. The standard InChI is InChI=1S/C30H31BrN2O8S/c1-6-38-24(34)16-41-21-13-12-18(14-20(21)31)15-23-28(35)33-26(19-10-9-11-22(37-5)27(19)39-7-2)25(29(36)40-8-3)17(4)32-30(33)42-23/h9-15,26H,6-8,16H2,1-5H3/b23-15+/t26-/m1/s1. The van der Waals surface area contributed by atoms with Crippen LogP contribution >= 0.6 is 27.3 Å². The summed E-state index contributed by atoms with van der Waals surface area (Å²) in [7, 11) is 1.53. The van der Waals surface area contributed by atoms with E-state index in [2.05, 4.69) is 20.9 Å². The van der Waals surface area contributed by atoms with Gasteiger partial charge in [0.25, 0.3) is 5.56 Å². The zero-order valence-corrected chi connectivity index (χ0v) is 26.3. The molecule has 4 rings (SSSR count). The quantitative estimate of drug-likeness (QED) is 0.285. The third-order valence-corrected chi connectivity index (χ3v) is 7.84. The van der Waals surface area contributed by atoms with Gasteiger partial charge < -0.3 is 23.7 Å². The normalized spacial score (nSPS) is 14.6. The van der Waals surface area contributed by atoms with Crippen LogP contribution in [0, 0.1) is 0 Å². The minimum absolute atomic E-state index is 0.164. The number of thiazole rings is 1. The summed E-state index contributed by atoms with van der Waals surface area (Å²) in [4.78, 5) is 44.0. The van der Waals surface area contributed by atoms with Gasteiger partial charge in [-0.25, -0.2) is 14.6 Å². The molecule has 3 aromatic rings. The summed E-state index contributed by atoms with van der Waals surface area (Å²) in [5.74, 6) is 0.332. The molecule has 0 saturated carbocycles. The maximum Gasteiger partial charge on any atom is 0.344 e. The summed E-state index contributed by atoms with van der Waals surface area (Å²) in [6, 6.07) is 9.74. The molecule has 0 aliphatic carbocycles. The predicted molar refractivity (Wildman–Crippen MR) is 161 cm³/mol. The molecular weight excluding hydrogens is 628 g/mol. The van der Waals surface area contributed by atoms with E-state index in [1.165, 1.54) is 23.0 Å². The van der Waals surface area contributed by atoms with Gasteiger partial charge in [-0.15, -0.1) is 0 Å². The van der Waals surface area contributed by atoms with Gasteiger partial charge in [0, 0.05) is 5.56 Å². The molecule has 2 aromatic carbocycles. The Morgan fingerprint density at radius 1 is 1.05 bits per heavy atom. The largest absolute Gasteiger partial charge is 0.493 e. The molecule has 0 radical (unpaired) electrons. The summed E-state index contributed by atoms with van der Waals surface area (Å²) in [6.45, 7) is 7.58. The second-order valence-corrected chi connectivity index (χ2v) is 10.8. The molecule has 0 fully saturated rings. The van der Waals surface area contributed by atoms with E-state index in [4.69, 9.17) is 23.7 Å². The molecule has 0 N–H and O–H groups in total. The molecule has 0 amide bonds. The molecule has 1 aromatic heterocycles. The van der Waals surface area contributed by atoms with Gasteiger partial charge in [0.15, 0.2) is 22.9 Å². The number of carbonyl (C=O) groups excluding carboxylic acids is 2. The molecule has 0 bridgehead atoms. The number of halogens is 1. The molecular formula is C30H31BrN2O8S. The molecule has 1 aliphatic rings. The van der Waals surface area contributed by atoms with Crippen LogP contribution in [0.5, 0.6) is 17.2 Å². The Kier molecular flexibility index (Phi) is 10.2. The zero-order chi connectivity index (χ0) is 30.4. The average Bonchev–Trinajstić information content (AvgIpc) is 3.26. The summed E-state index contributed by atoms with van der Waals surface area (Å²) in [6.07, 6.45) is 1.74. The number of hydrogen-bond acceptors (Lipinski definition) is 10. The van der Waals surface area contributed by atoms with Gasteiger partial charge in [-0.2, -0.15) is 0 Å². The number of methoxy groups -OCH3 is 1. The van der Waals surface area contributed by atoms with Crippen molar-refractivity contribution in [3.8, 4) is 17.2 Å². The maximum atomic E-state index is 14.0. The molecule has 0 spiro atoms. The first-order valence-corrected chi connectivity index (χ1v) is 14.9. The van der Waals surface area contributed by atoms with Crippen LogP contribution in [0.1, 0.15) is 44.9 Å². The average molecular weight is 660 g/mol. The number of esters is 2. The molecule has 2 heterocycles. The minimum Gasteiger partial charge on any atom is -0.493 e. The van der Waals surface area contributed by atoms with Gasteiger partial charge in [0.2, 0.25) is 0 Å². The van der Waals surface area contributed by atoms with Crippen molar-refractivity contribution in [2.45, 2.75) is 33.7 Å². The van der Waals surface area contributed by atoms with Crippen LogP contribution < -0.4 is 29.1 Å². The Balaban J connectivity index is 1.84. The lowest BCUT2D eigenvalue weighted by Gasteiger charge is -2.26. The van der Waals surface area contributed by atoms with Crippen LogP contribution in [-0.4, -0.2) is 50.0 Å².